The number of alkyl halides is 3. The van der Waals surface area contributed by atoms with Crippen molar-refractivity contribution in [2.45, 2.75) is 19.6 Å². The Kier molecular flexibility index (Phi) is 6.38. The van der Waals surface area contributed by atoms with Crippen molar-refractivity contribution in [2.75, 3.05) is 13.1 Å². The fourth-order valence-electron chi connectivity index (χ4n) is 2.39. The lowest BCUT2D eigenvalue weighted by molar-refractivity contribution is -0.137. The van der Waals surface area contributed by atoms with Crippen molar-refractivity contribution in [3.63, 3.8) is 0 Å². The van der Waals surface area contributed by atoms with Gasteiger partial charge in [-0.3, -0.25) is 9.59 Å². The summed E-state index contributed by atoms with van der Waals surface area (Å²) in [5, 5.41) is 2.38. The second-order valence-corrected chi connectivity index (χ2v) is 5.65. The lowest BCUT2D eigenvalue weighted by Gasteiger charge is -2.21. The molecule has 0 aliphatic rings. The molecular weight excluding hydrogens is 345 g/mol. The normalized spacial score (nSPS) is 11.1. The summed E-state index contributed by atoms with van der Waals surface area (Å²) in [5.74, 6) is -1.03. The van der Waals surface area contributed by atoms with E-state index in [0.29, 0.717) is 13.1 Å². The van der Waals surface area contributed by atoms with Crippen LogP contribution >= 0.6 is 0 Å². The minimum Gasteiger partial charge on any atom is -0.343 e. The van der Waals surface area contributed by atoms with Crippen LogP contribution in [0.4, 0.5) is 13.2 Å². The monoisotopic (exact) mass is 364 g/mol. The van der Waals surface area contributed by atoms with Gasteiger partial charge in [0.15, 0.2) is 0 Å². The Morgan fingerprint density at radius 1 is 1.04 bits per heavy atom. The number of carbonyl (C=O) groups excluding carboxylic acids is 2. The second-order valence-electron chi connectivity index (χ2n) is 5.65. The van der Waals surface area contributed by atoms with Crippen molar-refractivity contribution in [1.82, 2.24) is 10.2 Å². The third kappa shape index (κ3) is 5.34. The second kappa shape index (κ2) is 8.51. The minimum atomic E-state index is -4.53. The van der Waals surface area contributed by atoms with Gasteiger partial charge in [0.05, 0.1) is 12.1 Å². The summed E-state index contributed by atoms with van der Waals surface area (Å²) in [6.45, 7) is 2.38. The highest BCUT2D eigenvalue weighted by Gasteiger charge is 2.30. The van der Waals surface area contributed by atoms with E-state index in [-0.39, 0.29) is 18.0 Å². The number of rotatable bonds is 6. The van der Waals surface area contributed by atoms with Crippen molar-refractivity contribution in [3.05, 3.63) is 71.3 Å². The van der Waals surface area contributed by atoms with Gasteiger partial charge in [-0.2, -0.15) is 13.2 Å². The molecule has 0 saturated carbocycles. The quantitative estimate of drug-likeness (QED) is 0.853. The molecule has 2 aromatic carbocycles. The van der Waals surface area contributed by atoms with Crippen molar-refractivity contribution in [1.29, 1.82) is 0 Å². The van der Waals surface area contributed by atoms with Crippen LogP contribution < -0.4 is 5.32 Å². The molecule has 0 bridgehead atoms. The minimum absolute atomic E-state index is 0.140. The van der Waals surface area contributed by atoms with E-state index in [4.69, 9.17) is 0 Å². The molecular formula is C19H19F3N2O2. The first-order chi connectivity index (χ1) is 12.3. The molecule has 26 heavy (non-hydrogen) atoms. The molecule has 2 aromatic rings. The molecule has 0 heterocycles. The van der Waals surface area contributed by atoms with Gasteiger partial charge in [0.25, 0.3) is 5.91 Å². The number of hydrogen-bond donors (Lipinski definition) is 1. The Morgan fingerprint density at radius 2 is 1.73 bits per heavy atom. The van der Waals surface area contributed by atoms with E-state index in [1.807, 2.05) is 37.3 Å². The maximum atomic E-state index is 12.7. The Bertz CT molecular complexity index is 761. The third-order valence-corrected chi connectivity index (χ3v) is 3.80. The van der Waals surface area contributed by atoms with E-state index >= 15 is 0 Å². The Labute approximate surface area is 149 Å². The molecule has 0 atom stereocenters. The summed E-state index contributed by atoms with van der Waals surface area (Å²) in [5.41, 5.74) is -0.0959. The van der Waals surface area contributed by atoms with Gasteiger partial charge in [-0.05, 0) is 30.7 Å². The lowest BCUT2D eigenvalue weighted by atomic mass is 10.1. The fourth-order valence-corrected chi connectivity index (χ4v) is 2.39. The highest BCUT2D eigenvalue weighted by molar-refractivity contribution is 5.96. The Balaban J connectivity index is 1.96. The number of hydrogen-bond acceptors (Lipinski definition) is 2. The van der Waals surface area contributed by atoms with Crippen molar-refractivity contribution in [2.24, 2.45) is 0 Å². The summed E-state index contributed by atoms with van der Waals surface area (Å²) in [4.78, 5) is 25.9. The van der Waals surface area contributed by atoms with Gasteiger partial charge in [0.1, 0.15) is 0 Å². The molecule has 7 heteroatoms. The average Bonchev–Trinajstić information content (AvgIpc) is 2.64. The zero-order valence-corrected chi connectivity index (χ0v) is 14.2. The molecule has 0 aromatic heterocycles. The van der Waals surface area contributed by atoms with Crippen molar-refractivity contribution in [3.8, 4) is 0 Å². The summed E-state index contributed by atoms with van der Waals surface area (Å²) in [6, 6.07) is 13.5. The van der Waals surface area contributed by atoms with E-state index in [2.05, 4.69) is 5.32 Å². The summed E-state index contributed by atoms with van der Waals surface area (Å²) >= 11 is 0. The van der Waals surface area contributed by atoms with E-state index in [9.17, 15) is 22.8 Å². The molecule has 0 aliphatic carbocycles. The predicted octanol–water partition coefficient (Wildman–Crippen LogP) is 3.48. The number of halogens is 3. The average molecular weight is 364 g/mol. The molecule has 0 fully saturated rings. The van der Waals surface area contributed by atoms with Crippen molar-refractivity contribution < 1.29 is 22.8 Å². The van der Waals surface area contributed by atoms with Gasteiger partial charge in [-0.15, -0.1) is 0 Å². The summed E-state index contributed by atoms with van der Waals surface area (Å²) < 4.78 is 38.1. The number of benzene rings is 2. The third-order valence-electron chi connectivity index (χ3n) is 3.80. The van der Waals surface area contributed by atoms with E-state index in [1.165, 1.54) is 6.07 Å². The first-order valence-corrected chi connectivity index (χ1v) is 8.08. The maximum Gasteiger partial charge on any atom is 0.416 e. The summed E-state index contributed by atoms with van der Waals surface area (Å²) in [6.07, 6.45) is -4.53. The van der Waals surface area contributed by atoms with Crippen LogP contribution in [0.2, 0.25) is 0 Å². The van der Waals surface area contributed by atoms with Crippen LogP contribution in [0.3, 0.4) is 0 Å². The van der Waals surface area contributed by atoms with Crippen LogP contribution in [0.5, 0.6) is 0 Å². The Morgan fingerprint density at radius 3 is 2.35 bits per heavy atom. The van der Waals surface area contributed by atoms with Crippen molar-refractivity contribution >= 4 is 11.8 Å². The molecule has 0 unspecified atom stereocenters. The predicted molar refractivity (Wildman–Crippen MR) is 91.3 cm³/mol. The van der Waals surface area contributed by atoms with E-state index in [1.54, 1.807) is 4.90 Å². The molecule has 1 N–H and O–H groups in total. The summed E-state index contributed by atoms with van der Waals surface area (Å²) in [7, 11) is 0. The number of likely N-dealkylation sites (N-methyl/N-ethyl adjacent to an activating group) is 1. The Hall–Kier alpha value is -2.83. The first kappa shape index (κ1) is 19.5. The van der Waals surface area contributed by atoms with Gasteiger partial charge >= 0.3 is 6.18 Å². The van der Waals surface area contributed by atoms with Gasteiger partial charge < -0.3 is 10.2 Å². The molecule has 0 saturated heterocycles. The SMILES string of the molecule is CCN(Cc1ccccc1)C(=O)CNC(=O)c1cccc(C(F)(F)F)c1. The molecule has 0 aliphatic heterocycles. The molecule has 0 radical (unpaired) electrons. The standard InChI is InChI=1S/C19H19F3N2O2/c1-2-24(13-14-7-4-3-5-8-14)17(25)12-23-18(26)15-9-6-10-16(11-15)19(20,21)22/h3-11H,2,12-13H2,1H3,(H,23,26). The molecule has 138 valence electrons. The number of amides is 2. The van der Waals surface area contributed by atoms with Crippen LogP contribution in [-0.4, -0.2) is 29.8 Å². The van der Waals surface area contributed by atoms with Crippen LogP contribution in [0.1, 0.15) is 28.4 Å². The van der Waals surface area contributed by atoms with Crippen LogP contribution in [0.25, 0.3) is 0 Å². The maximum absolute atomic E-state index is 12.7. The van der Waals surface area contributed by atoms with Crippen LogP contribution in [-0.2, 0) is 17.5 Å². The fraction of sp³-hybridized carbons (Fsp3) is 0.263. The van der Waals surface area contributed by atoms with Crippen LogP contribution in [0.15, 0.2) is 54.6 Å². The number of nitrogens with zero attached hydrogens (tertiary/aromatic N) is 1. The largest absolute Gasteiger partial charge is 0.416 e. The van der Waals surface area contributed by atoms with E-state index < -0.39 is 17.6 Å². The van der Waals surface area contributed by atoms with Gasteiger partial charge in [-0.1, -0.05) is 36.4 Å². The molecule has 0 spiro atoms. The van der Waals surface area contributed by atoms with Gasteiger partial charge in [0.2, 0.25) is 5.91 Å². The van der Waals surface area contributed by atoms with Gasteiger partial charge in [-0.25, -0.2) is 0 Å². The first-order valence-electron chi connectivity index (χ1n) is 8.08. The zero-order chi connectivity index (χ0) is 19.2. The molecule has 4 nitrogen and oxygen atoms in total. The smallest absolute Gasteiger partial charge is 0.343 e. The van der Waals surface area contributed by atoms with E-state index in [0.717, 1.165) is 23.8 Å². The molecule has 2 amide bonds. The van der Waals surface area contributed by atoms with Gasteiger partial charge in [0, 0.05) is 18.7 Å². The highest BCUT2D eigenvalue weighted by Crippen LogP contribution is 2.29. The highest BCUT2D eigenvalue weighted by atomic mass is 19.4. The topological polar surface area (TPSA) is 49.4 Å². The number of carbonyl (C=O) groups is 2. The molecule has 2 rings (SSSR count). The zero-order valence-electron chi connectivity index (χ0n) is 14.2. The van der Waals surface area contributed by atoms with Crippen LogP contribution in [0, 0.1) is 0 Å². The lowest BCUT2D eigenvalue weighted by Crippen LogP contribution is -2.39. The number of nitrogens with one attached hydrogen (secondary N) is 1.